The predicted octanol–water partition coefficient (Wildman–Crippen LogP) is 2.28. The van der Waals surface area contributed by atoms with E-state index in [1.165, 1.54) is 0 Å². The van der Waals surface area contributed by atoms with Gasteiger partial charge in [-0.3, -0.25) is 9.36 Å². The van der Waals surface area contributed by atoms with Crippen LogP contribution in [-0.2, 0) is 0 Å². The molecule has 25 heavy (non-hydrogen) atoms. The maximum Gasteiger partial charge on any atom is 0.253 e. The van der Waals surface area contributed by atoms with E-state index in [-0.39, 0.29) is 11.8 Å². The molecule has 0 bridgehead atoms. The van der Waals surface area contributed by atoms with Gasteiger partial charge in [-0.05, 0) is 43.4 Å². The summed E-state index contributed by atoms with van der Waals surface area (Å²) < 4.78 is 1.79. The zero-order valence-corrected chi connectivity index (χ0v) is 14.5. The van der Waals surface area contributed by atoms with Crippen molar-refractivity contribution < 1.29 is 9.90 Å². The Balaban J connectivity index is 1.55. The summed E-state index contributed by atoms with van der Waals surface area (Å²) in [5.41, 5.74) is 0.935. The average Bonchev–Trinajstić information content (AvgIpc) is 3.32. The van der Waals surface area contributed by atoms with Crippen molar-refractivity contribution in [2.24, 2.45) is 11.8 Å². The highest BCUT2D eigenvalue weighted by Crippen LogP contribution is 2.44. The molecule has 2 heterocycles. The minimum atomic E-state index is -0.609. The highest BCUT2D eigenvalue weighted by molar-refractivity contribution is 5.95. The van der Waals surface area contributed by atoms with Crippen LogP contribution in [0, 0.1) is 11.8 Å². The van der Waals surface area contributed by atoms with Crippen LogP contribution in [-0.4, -0.2) is 49.4 Å². The third-order valence-corrected chi connectivity index (χ3v) is 6.03. The second-order valence-electron chi connectivity index (χ2n) is 7.35. The molecule has 3 atom stereocenters. The number of likely N-dealkylation sites (tertiary alicyclic amines) is 1. The molecule has 0 spiro atoms. The molecule has 0 radical (unpaired) electrons. The van der Waals surface area contributed by atoms with Crippen molar-refractivity contribution in [2.45, 2.75) is 38.2 Å². The summed E-state index contributed by atoms with van der Waals surface area (Å²) in [6, 6.07) is 7.54. The predicted molar refractivity (Wildman–Crippen MR) is 93.3 cm³/mol. The van der Waals surface area contributed by atoms with E-state index in [4.69, 9.17) is 0 Å². The molecule has 132 valence electrons. The van der Waals surface area contributed by atoms with Gasteiger partial charge in [-0.15, -0.1) is 10.2 Å². The van der Waals surface area contributed by atoms with Gasteiger partial charge in [0.05, 0.1) is 5.60 Å². The molecular formula is C19H24N4O2. The summed E-state index contributed by atoms with van der Waals surface area (Å²) in [6.45, 7) is 3.46. The van der Waals surface area contributed by atoms with Crippen LogP contribution in [0.2, 0.25) is 0 Å². The van der Waals surface area contributed by atoms with E-state index in [1.807, 2.05) is 29.2 Å². The Labute approximate surface area is 147 Å². The van der Waals surface area contributed by atoms with Gasteiger partial charge in [-0.2, -0.15) is 0 Å². The van der Waals surface area contributed by atoms with Crippen LogP contribution in [0.25, 0.3) is 5.69 Å². The molecule has 1 amide bonds. The quantitative estimate of drug-likeness (QED) is 0.930. The number of aromatic nitrogens is 3. The molecule has 2 aliphatic rings. The lowest BCUT2D eigenvalue weighted by atomic mass is 9.69. The molecule has 1 aromatic heterocycles. The number of fused-ring (bicyclic) bond motifs is 1. The molecule has 1 aromatic carbocycles. The first-order valence-electron chi connectivity index (χ1n) is 9.07. The zero-order valence-electron chi connectivity index (χ0n) is 14.5. The van der Waals surface area contributed by atoms with E-state index >= 15 is 0 Å². The molecule has 1 aliphatic heterocycles. The van der Waals surface area contributed by atoms with Crippen LogP contribution in [0.5, 0.6) is 0 Å². The second kappa shape index (κ2) is 6.26. The molecular weight excluding hydrogens is 316 g/mol. The summed E-state index contributed by atoms with van der Waals surface area (Å²) >= 11 is 0. The van der Waals surface area contributed by atoms with Crippen molar-refractivity contribution in [3.63, 3.8) is 0 Å². The smallest absolute Gasteiger partial charge is 0.253 e. The van der Waals surface area contributed by atoms with Gasteiger partial charge < -0.3 is 10.0 Å². The van der Waals surface area contributed by atoms with Gasteiger partial charge in [-0.1, -0.05) is 19.4 Å². The van der Waals surface area contributed by atoms with Gasteiger partial charge in [0, 0.05) is 30.3 Å². The highest BCUT2D eigenvalue weighted by Gasteiger charge is 2.48. The molecule has 1 N–H and O–H groups in total. The van der Waals surface area contributed by atoms with Gasteiger partial charge in [-0.25, -0.2) is 0 Å². The van der Waals surface area contributed by atoms with Crippen LogP contribution in [0.3, 0.4) is 0 Å². The lowest BCUT2D eigenvalue weighted by Crippen LogP contribution is -2.44. The second-order valence-corrected chi connectivity index (χ2v) is 7.35. The number of carbonyl (C=O) groups excluding carboxylic acids is 1. The molecule has 2 aromatic rings. The molecule has 6 heteroatoms. The van der Waals surface area contributed by atoms with Crippen LogP contribution in [0.15, 0.2) is 36.9 Å². The summed E-state index contributed by atoms with van der Waals surface area (Å²) in [5.74, 6) is 0.669. The number of hydrogen-bond donors (Lipinski definition) is 1. The van der Waals surface area contributed by atoms with E-state index in [1.54, 1.807) is 17.2 Å². The number of nitrogens with zero attached hydrogens (tertiary/aromatic N) is 4. The van der Waals surface area contributed by atoms with E-state index in [2.05, 4.69) is 17.1 Å². The Morgan fingerprint density at radius 2 is 2.12 bits per heavy atom. The van der Waals surface area contributed by atoms with Gasteiger partial charge in [0.1, 0.15) is 12.7 Å². The third kappa shape index (κ3) is 2.84. The minimum Gasteiger partial charge on any atom is -0.390 e. The maximum atomic E-state index is 13.0. The van der Waals surface area contributed by atoms with Gasteiger partial charge in [0.2, 0.25) is 0 Å². The summed E-state index contributed by atoms with van der Waals surface area (Å²) in [7, 11) is 0. The molecule has 6 nitrogen and oxygen atoms in total. The Bertz CT molecular complexity index is 761. The van der Waals surface area contributed by atoms with Crippen molar-refractivity contribution in [3.05, 3.63) is 42.5 Å². The standard InChI is InChI=1S/C19H24N4O2/c1-2-19(25)8-4-6-15-10-22(11-17(15)19)18(24)14-5-3-7-16(9-14)23-12-20-21-13-23/h3,5,7,9,12-13,15,17,25H,2,4,6,8,10-11H2,1H3/t15-,17+,19-/m1/s1. The normalized spacial score (nSPS) is 28.8. The third-order valence-electron chi connectivity index (χ3n) is 6.03. The first kappa shape index (κ1) is 16.3. The fraction of sp³-hybridized carbons (Fsp3) is 0.526. The molecule has 1 aliphatic carbocycles. The van der Waals surface area contributed by atoms with Crippen LogP contribution < -0.4 is 0 Å². The van der Waals surface area contributed by atoms with E-state index in [0.717, 1.165) is 37.9 Å². The Kier molecular flexibility index (Phi) is 4.07. The topological polar surface area (TPSA) is 71.2 Å². The van der Waals surface area contributed by atoms with Crippen molar-refractivity contribution in [1.29, 1.82) is 0 Å². The monoisotopic (exact) mass is 340 g/mol. The summed E-state index contributed by atoms with van der Waals surface area (Å²) in [4.78, 5) is 14.9. The first-order valence-corrected chi connectivity index (χ1v) is 9.07. The van der Waals surface area contributed by atoms with Gasteiger partial charge in [0.25, 0.3) is 5.91 Å². The van der Waals surface area contributed by atoms with Crippen LogP contribution in [0.1, 0.15) is 43.0 Å². The summed E-state index contributed by atoms with van der Waals surface area (Å²) in [5, 5.41) is 18.6. The lowest BCUT2D eigenvalue weighted by molar-refractivity contribution is -0.0609. The summed E-state index contributed by atoms with van der Waals surface area (Å²) in [6.07, 6.45) is 7.02. The van der Waals surface area contributed by atoms with Crippen LogP contribution >= 0.6 is 0 Å². The van der Waals surface area contributed by atoms with Crippen molar-refractivity contribution >= 4 is 5.91 Å². The maximum absolute atomic E-state index is 13.0. The molecule has 2 fully saturated rings. The molecule has 4 rings (SSSR count). The van der Waals surface area contributed by atoms with Crippen molar-refractivity contribution in [3.8, 4) is 5.69 Å². The number of hydrogen-bond acceptors (Lipinski definition) is 4. The number of carbonyl (C=O) groups is 1. The number of aliphatic hydroxyl groups is 1. The van der Waals surface area contributed by atoms with E-state index in [9.17, 15) is 9.90 Å². The van der Waals surface area contributed by atoms with Crippen molar-refractivity contribution in [1.82, 2.24) is 19.7 Å². The Morgan fingerprint density at radius 3 is 2.88 bits per heavy atom. The number of amides is 1. The van der Waals surface area contributed by atoms with Gasteiger partial charge in [0.15, 0.2) is 0 Å². The van der Waals surface area contributed by atoms with Crippen LogP contribution in [0.4, 0.5) is 0 Å². The lowest BCUT2D eigenvalue weighted by Gasteiger charge is -2.40. The zero-order chi connectivity index (χ0) is 17.4. The number of benzene rings is 1. The van der Waals surface area contributed by atoms with Crippen molar-refractivity contribution in [2.75, 3.05) is 13.1 Å². The Hall–Kier alpha value is -2.21. The molecule has 0 unspecified atom stereocenters. The van der Waals surface area contributed by atoms with E-state index in [0.29, 0.717) is 18.0 Å². The first-order chi connectivity index (χ1) is 12.1. The SMILES string of the molecule is CC[C@@]1(O)CCC[C@@H]2CN(C(=O)c3cccc(-n4cnnc4)c3)C[C@@H]21. The van der Waals surface area contributed by atoms with Gasteiger partial charge >= 0.3 is 0 Å². The highest BCUT2D eigenvalue weighted by atomic mass is 16.3. The fourth-order valence-electron chi connectivity index (χ4n) is 4.55. The Morgan fingerprint density at radius 1 is 1.32 bits per heavy atom. The fourth-order valence-corrected chi connectivity index (χ4v) is 4.55. The van der Waals surface area contributed by atoms with E-state index < -0.39 is 5.60 Å². The molecule has 1 saturated heterocycles. The minimum absolute atomic E-state index is 0.0442. The average molecular weight is 340 g/mol. The largest absolute Gasteiger partial charge is 0.390 e. The number of rotatable bonds is 3. The molecule has 1 saturated carbocycles.